The molecule has 14 heavy (non-hydrogen) atoms. The number of furan rings is 1. The van der Waals surface area contributed by atoms with E-state index in [-0.39, 0.29) is 0 Å². The maximum Gasteiger partial charge on any atom is 0.193 e. The molecule has 3 nitrogen and oxygen atoms in total. The fourth-order valence-electron chi connectivity index (χ4n) is 1.23. The molecule has 1 rings (SSSR count). The summed E-state index contributed by atoms with van der Waals surface area (Å²) in [5.74, 6) is 0.911. The Morgan fingerprint density at radius 3 is 2.86 bits per heavy atom. The van der Waals surface area contributed by atoms with Crippen LogP contribution in [0.2, 0.25) is 5.22 Å². The third kappa shape index (κ3) is 4.13. The Balaban J connectivity index is 2.23. The molecule has 0 fully saturated rings. The first-order chi connectivity index (χ1) is 6.72. The van der Waals surface area contributed by atoms with E-state index >= 15 is 0 Å². The number of hydrogen-bond acceptors (Lipinski definition) is 3. The first kappa shape index (κ1) is 11.6. The lowest BCUT2D eigenvalue weighted by molar-refractivity contribution is 0.295. The number of rotatable bonds is 6. The zero-order valence-electron chi connectivity index (χ0n) is 8.72. The molecule has 1 aromatic heterocycles. The first-order valence-corrected chi connectivity index (χ1v) is 5.23. The molecule has 0 saturated heterocycles. The van der Waals surface area contributed by atoms with Gasteiger partial charge in [0.2, 0.25) is 0 Å². The van der Waals surface area contributed by atoms with Crippen molar-refractivity contribution < 1.29 is 4.42 Å². The van der Waals surface area contributed by atoms with E-state index in [2.05, 4.69) is 24.2 Å². The van der Waals surface area contributed by atoms with Crippen LogP contribution < -0.4 is 5.32 Å². The van der Waals surface area contributed by atoms with E-state index in [1.165, 1.54) is 0 Å². The highest BCUT2D eigenvalue weighted by Crippen LogP contribution is 2.13. The van der Waals surface area contributed by atoms with E-state index < -0.39 is 0 Å². The van der Waals surface area contributed by atoms with Crippen LogP contribution in [0.3, 0.4) is 0 Å². The third-order valence-corrected chi connectivity index (χ3v) is 2.18. The van der Waals surface area contributed by atoms with Gasteiger partial charge in [-0.25, -0.2) is 0 Å². The molecule has 0 radical (unpaired) electrons. The highest BCUT2D eigenvalue weighted by atomic mass is 35.5. The van der Waals surface area contributed by atoms with Gasteiger partial charge in [-0.2, -0.15) is 0 Å². The fraction of sp³-hybridized carbons (Fsp3) is 0.600. The maximum absolute atomic E-state index is 5.67. The summed E-state index contributed by atoms with van der Waals surface area (Å²) in [6.07, 6.45) is 0. The highest BCUT2D eigenvalue weighted by Gasteiger charge is 2.03. The molecule has 0 saturated carbocycles. The van der Waals surface area contributed by atoms with Crippen molar-refractivity contribution in [2.45, 2.75) is 13.5 Å². The van der Waals surface area contributed by atoms with Crippen molar-refractivity contribution in [3.8, 4) is 0 Å². The van der Waals surface area contributed by atoms with Gasteiger partial charge in [-0.05, 0) is 37.3 Å². The molecule has 1 heterocycles. The van der Waals surface area contributed by atoms with Gasteiger partial charge >= 0.3 is 0 Å². The Labute approximate surface area is 90.0 Å². The number of halogens is 1. The average molecular weight is 217 g/mol. The van der Waals surface area contributed by atoms with Crippen LogP contribution in [0.4, 0.5) is 0 Å². The monoisotopic (exact) mass is 216 g/mol. The van der Waals surface area contributed by atoms with Gasteiger partial charge in [-0.1, -0.05) is 6.92 Å². The molecule has 0 amide bonds. The summed E-state index contributed by atoms with van der Waals surface area (Å²) in [7, 11) is 2.06. The fourth-order valence-corrected chi connectivity index (χ4v) is 1.39. The average Bonchev–Trinajstić information content (AvgIpc) is 2.52. The van der Waals surface area contributed by atoms with Gasteiger partial charge in [-0.15, -0.1) is 0 Å². The van der Waals surface area contributed by atoms with E-state index in [1.54, 1.807) is 6.07 Å². The predicted molar refractivity (Wildman–Crippen MR) is 58.6 cm³/mol. The lowest BCUT2D eigenvalue weighted by Crippen LogP contribution is -2.28. The molecule has 0 bridgehead atoms. The second-order valence-corrected chi connectivity index (χ2v) is 3.67. The van der Waals surface area contributed by atoms with Crippen LogP contribution >= 0.6 is 11.6 Å². The highest BCUT2D eigenvalue weighted by molar-refractivity contribution is 6.28. The van der Waals surface area contributed by atoms with Gasteiger partial charge < -0.3 is 9.73 Å². The Morgan fingerprint density at radius 2 is 2.29 bits per heavy atom. The summed E-state index contributed by atoms with van der Waals surface area (Å²) < 4.78 is 5.26. The molecular formula is C10H17ClN2O. The van der Waals surface area contributed by atoms with Gasteiger partial charge in [0.25, 0.3) is 0 Å². The van der Waals surface area contributed by atoms with Gasteiger partial charge in [-0.3, -0.25) is 4.90 Å². The number of nitrogens with zero attached hydrogens (tertiary/aromatic N) is 1. The Bertz CT molecular complexity index is 262. The molecule has 0 spiro atoms. The normalized spacial score (nSPS) is 11.1. The zero-order valence-corrected chi connectivity index (χ0v) is 9.47. The molecule has 80 valence electrons. The molecular weight excluding hydrogens is 200 g/mol. The van der Waals surface area contributed by atoms with Crippen LogP contribution in [-0.2, 0) is 6.54 Å². The summed E-state index contributed by atoms with van der Waals surface area (Å²) >= 11 is 5.67. The summed E-state index contributed by atoms with van der Waals surface area (Å²) in [5, 5.41) is 3.73. The largest absolute Gasteiger partial charge is 0.448 e. The lowest BCUT2D eigenvalue weighted by atomic mass is 10.4. The standard InChI is InChI=1S/C10H17ClN2O/c1-3-12-6-7-13(2)8-9-4-5-10(11)14-9/h4-5,12H,3,6-8H2,1-2H3. The van der Waals surface area contributed by atoms with Crippen molar-refractivity contribution in [3.05, 3.63) is 23.1 Å². The molecule has 0 aliphatic rings. The first-order valence-electron chi connectivity index (χ1n) is 4.86. The molecule has 0 unspecified atom stereocenters. The van der Waals surface area contributed by atoms with Crippen LogP contribution in [-0.4, -0.2) is 31.6 Å². The van der Waals surface area contributed by atoms with Gasteiger partial charge in [0.1, 0.15) is 5.76 Å². The minimum Gasteiger partial charge on any atom is -0.448 e. The van der Waals surface area contributed by atoms with Crippen LogP contribution in [0.25, 0.3) is 0 Å². The Morgan fingerprint density at radius 1 is 1.50 bits per heavy atom. The van der Waals surface area contributed by atoms with Crippen molar-refractivity contribution in [2.24, 2.45) is 0 Å². The second kappa shape index (κ2) is 6.06. The van der Waals surface area contributed by atoms with Crippen LogP contribution in [0.5, 0.6) is 0 Å². The predicted octanol–water partition coefficient (Wildman–Crippen LogP) is 1.97. The van der Waals surface area contributed by atoms with Crippen molar-refractivity contribution >= 4 is 11.6 Å². The van der Waals surface area contributed by atoms with Crippen molar-refractivity contribution in [1.82, 2.24) is 10.2 Å². The van der Waals surface area contributed by atoms with Crippen LogP contribution in [0.1, 0.15) is 12.7 Å². The molecule has 1 aromatic rings. The zero-order chi connectivity index (χ0) is 10.4. The molecule has 0 aromatic carbocycles. The minimum absolute atomic E-state index is 0.458. The van der Waals surface area contributed by atoms with E-state index in [1.807, 2.05) is 6.07 Å². The third-order valence-electron chi connectivity index (χ3n) is 1.97. The molecule has 4 heteroatoms. The minimum atomic E-state index is 0.458. The lowest BCUT2D eigenvalue weighted by Gasteiger charge is -2.14. The molecule has 0 aliphatic heterocycles. The summed E-state index contributed by atoms with van der Waals surface area (Å²) in [4.78, 5) is 2.19. The molecule has 0 atom stereocenters. The van der Waals surface area contributed by atoms with E-state index in [0.717, 1.165) is 31.9 Å². The molecule has 0 aliphatic carbocycles. The Kier molecular flexibility index (Phi) is 5.01. The summed E-state index contributed by atoms with van der Waals surface area (Å²) in [6.45, 7) is 5.93. The Hall–Kier alpha value is -0.510. The van der Waals surface area contributed by atoms with Crippen LogP contribution in [0.15, 0.2) is 16.5 Å². The molecule has 1 N–H and O–H groups in total. The van der Waals surface area contributed by atoms with Crippen LogP contribution in [0, 0.1) is 0 Å². The smallest absolute Gasteiger partial charge is 0.193 e. The van der Waals surface area contributed by atoms with Crippen molar-refractivity contribution in [2.75, 3.05) is 26.7 Å². The number of likely N-dealkylation sites (N-methyl/N-ethyl adjacent to an activating group) is 2. The van der Waals surface area contributed by atoms with Gasteiger partial charge in [0, 0.05) is 13.1 Å². The second-order valence-electron chi connectivity index (χ2n) is 3.30. The number of hydrogen-bond donors (Lipinski definition) is 1. The summed E-state index contributed by atoms with van der Waals surface area (Å²) in [6, 6.07) is 3.68. The van der Waals surface area contributed by atoms with E-state index in [9.17, 15) is 0 Å². The maximum atomic E-state index is 5.67. The van der Waals surface area contributed by atoms with Crippen molar-refractivity contribution in [1.29, 1.82) is 0 Å². The van der Waals surface area contributed by atoms with Gasteiger partial charge in [0.05, 0.1) is 6.54 Å². The van der Waals surface area contributed by atoms with E-state index in [0.29, 0.717) is 5.22 Å². The summed E-state index contributed by atoms with van der Waals surface area (Å²) in [5.41, 5.74) is 0. The van der Waals surface area contributed by atoms with Crippen molar-refractivity contribution in [3.63, 3.8) is 0 Å². The SMILES string of the molecule is CCNCCN(C)Cc1ccc(Cl)o1. The van der Waals surface area contributed by atoms with E-state index in [4.69, 9.17) is 16.0 Å². The number of nitrogens with one attached hydrogen (secondary N) is 1. The quantitative estimate of drug-likeness (QED) is 0.738. The van der Waals surface area contributed by atoms with Gasteiger partial charge in [0.15, 0.2) is 5.22 Å². The topological polar surface area (TPSA) is 28.4 Å².